The second kappa shape index (κ2) is 6.36. The maximum atomic E-state index is 12.6. The van der Waals surface area contributed by atoms with Crippen LogP contribution in [0.3, 0.4) is 0 Å². The molecule has 20 heavy (non-hydrogen) atoms. The predicted molar refractivity (Wildman–Crippen MR) is 66.5 cm³/mol. The van der Waals surface area contributed by atoms with Crippen LogP contribution in [0.15, 0.2) is 18.2 Å². The molecule has 0 amide bonds. The molecule has 0 aliphatic rings. The number of hydrogen-bond donors (Lipinski definition) is 2. The molecule has 3 N–H and O–H groups in total. The van der Waals surface area contributed by atoms with Crippen molar-refractivity contribution in [3.63, 3.8) is 0 Å². The van der Waals surface area contributed by atoms with Crippen molar-refractivity contribution in [3.05, 3.63) is 18.2 Å². The molecule has 1 unspecified atom stereocenters. The zero-order valence-corrected chi connectivity index (χ0v) is 11.0. The van der Waals surface area contributed by atoms with Crippen LogP contribution in [-0.4, -0.2) is 32.8 Å². The Morgan fingerprint density at radius 1 is 1.15 bits per heavy atom. The van der Waals surface area contributed by atoms with E-state index in [1.54, 1.807) is 6.07 Å². The summed E-state index contributed by atoms with van der Waals surface area (Å²) in [6.07, 6.45) is -4.63. The summed E-state index contributed by atoms with van der Waals surface area (Å²) >= 11 is 0. The lowest BCUT2D eigenvalue weighted by Gasteiger charge is -2.19. The highest BCUT2D eigenvalue weighted by Crippen LogP contribution is 2.30. The zero-order valence-electron chi connectivity index (χ0n) is 11.0. The quantitative estimate of drug-likeness (QED) is 0.622. The van der Waals surface area contributed by atoms with Gasteiger partial charge < -0.3 is 19.9 Å². The number of amidine groups is 1. The van der Waals surface area contributed by atoms with Crippen LogP contribution in [0.25, 0.3) is 0 Å². The lowest BCUT2D eigenvalue weighted by atomic mass is 10.1. The summed E-state index contributed by atoms with van der Waals surface area (Å²) in [4.78, 5) is 0. The third kappa shape index (κ3) is 4.22. The van der Waals surface area contributed by atoms with Gasteiger partial charge in [-0.05, 0) is 0 Å². The Morgan fingerprint density at radius 2 is 1.60 bits per heavy atom. The molecule has 1 rings (SSSR count). The van der Waals surface area contributed by atoms with Crippen molar-refractivity contribution in [2.75, 3.05) is 20.8 Å². The zero-order chi connectivity index (χ0) is 15.3. The molecule has 0 fully saturated rings. The van der Waals surface area contributed by atoms with E-state index in [2.05, 4.69) is 0 Å². The summed E-state index contributed by atoms with van der Waals surface area (Å²) in [5.74, 6) is -2.25. The van der Waals surface area contributed by atoms with E-state index >= 15 is 0 Å². The van der Waals surface area contributed by atoms with Crippen LogP contribution in [0.1, 0.15) is 0 Å². The highest BCUT2D eigenvalue weighted by Gasteiger charge is 2.42. The number of nitrogens with one attached hydrogen (secondary N) is 1. The van der Waals surface area contributed by atoms with E-state index < -0.39 is 24.5 Å². The number of halogens is 3. The smallest absolute Gasteiger partial charge is 0.401 e. The van der Waals surface area contributed by atoms with Crippen LogP contribution in [0.2, 0.25) is 0 Å². The summed E-state index contributed by atoms with van der Waals surface area (Å²) < 4.78 is 52.8. The van der Waals surface area contributed by atoms with Crippen molar-refractivity contribution < 1.29 is 27.4 Å². The van der Waals surface area contributed by atoms with E-state index in [-0.39, 0.29) is 5.75 Å². The van der Waals surface area contributed by atoms with Gasteiger partial charge in [0.2, 0.25) is 0 Å². The number of ether oxygens (including phenoxy) is 3. The Kier molecular flexibility index (Phi) is 5.06. The van der Waals surface area contributed by atoms with Gasteiger partial charge in [-0.15, -0.1) is 0 Å². The van der Waals surface area contributed by atoms with Crippen molar-refractivity contribution >= 4 is 5.84 Å². The van der Waals surface area contributed by atoms with Crippen molar-refractivity contribution in [1.82, 2.24) is 0 Å². The van der Waals surface area contributed by atoms with Crippen molar-refractivity contribution in [3.8, 4) is 17.2 Å². The van der Waals surface area contributed by atoms with Crippen LogP contribution in [0.5, 0.6) is 17.2 Å². The van der Waals surface area contributed by atoms with Gasteiger partial charge >= 0.3 is 6.18 Å². The lowest BCUT2D eigenvalue weighted by molar-refractivity contribution is -0.162. The summed E-state index contributed by atoms with van der Waals surface area (Å²) in [6, 6.07) is 4.38. The van der Waals surface area contributed by atoms with E-state index in [0.717, 1.165) is 0 Å². The average Bonchev–Trinajstić information content (AvgIpc) is 2.36. The summed E-state index contributed by atoms with van der Waals surface area (Å²) in [7, 11) is 2.82. The number of methoxy groups -OCH3 is 2. The molecule has 0 heterocycles. The molecule has 5 nitrogen and oxygen atoms in total. The molecule has 112 valence electrons. The van der Waals surface area contributed by atoms with E-state index in [9.17, 15) is 13.2 Å². The average molecular weight is 292 g/mol. The Bertz CT molecular complexity index is 455. The Hall–Kier alpha value is -2.12. The van der Waals surface area contributed by atoms with Crippen LogP contribution in [0.4, 0.5) is 13.2 Å². The first-order valence-corrected chi connectivity index (χ1v) is 5.54. The van der Waals surface area contributed by atoms with Crippen molar-refractivity contribution in [2.45, 2.75) is 6.18 Å². The highest BCUT2D eigenvalue weighted by atomic mass is 19.4. The van der Waals surface area contributed by atoms with E-state index in [1.165, 1.54) is 26.4 Å². The van der Waals surface area contributed by atoms with Gasteiger partial charge in [0.25, 0.3) is 0 Å². The van der Waals surface area contributed by atoms with Crippen molar-refractivity contribution in [1.29, 1.82) is 5.41 Å². The molecule has 8 heteroatoms. The number of nitrogens with two attached hydrogens (primary N) is 1. The molecule has 0 aliphatic carbocycles. The minimum atomic E-state index is -4.63. The largest absolute Gasteiger partial charge is 0.496 e. The summed E-state index contributed by atoms with van der Waals surface area (Å²) in [5, 5.41) is 6.96. The number of alkyl halides is 3. The van der Waals surface area contributed by atoms with Crippen LogP contribution in [0, 0.1) is 11.3 Å². The highest BCUT2D eigenvalue weighted by molar-refractivity contribution is 5.80. The van der Waals surface area contributed by atoms with Crippen LogP contribution >= 0.6 is 0 Å². The molecule has 0 saturated carbocycles. The SMILES string of the molecule is COc1cc(OC)cc(OCC(C(=N)N)C(F)(F)F)c1. The van der Waals surface area contributed by atoms with Gasteiger partial charge in [0.1, 0.15) is 35.6 Å². The fourth-order valence-electron chi connectivity index (χ4n) is 1.40. The minimum Gasteiger partial charge on any atom is -0.496 e. The monoisotopic (exact) mass is 292 g/mol. The van der Waals surface area contributed by atoms with Crippen LogP contribution < -0.4 is 19.9 Å². The van der Waals surface area contributed by atoms with E-state index in [0.29, 0.717) is 11.5 Å². The number of benzene rings is 1. The molecular weight excluding hydrogens is 277 g/mol. The molecule has 1 aromatic carbocycles. The molecule has 1 aromatic rings. The van der Waals surface area contributed by atoms with Gasteiger partial charge in [0.15, 0.2) is 0 Å². The number of hydrogen-bond acceptors (Lipinski definition) is 4. The fraction of sp³-hybridized carbons (Fsp3) is 0.417. The van der Waals surface area contributed by atoms with Gasteiger partial charge in [-0.2, -0.15) is 13.2 Å². The molecular formula is C12H15F3N2O3. The third-order valence-corrected chi connectivity index (χ3v) is 2.51. The maximum Gasteiger partial charge on any atom is 0.401 e. The first kappa shape index (κ1) is 15.9. The second-order valence-corrected chi connectivity index (χ2v) is 3.91. The second-order valence-electron chi connectivity index (χ2n) is 3.91. The van der Waals surface area contributed by atoms with Crippen molar-refractivity contribution in [2.24, 2.45) is 11.7 Å². The molecule has 1 atom stereocenters. The molecule has 0 bridgehead atoms. The maximum absolute atomic E-state index is 12.6. The third-order valence-electron chi connectivity index (χ3n) is 2.51. The van der Waals surface area contributed by atoms with E-state index in [4.69, 9.17) is 25.4 Å². The number of rotatable bonds is 6. The normalized spacial score (nSPS) is 12.7. The fourth-order valence-corrected chi connectivity index (χ4v) is 1.40. The van der Waals surface area contributed by atoms with Gasteiger partial charge in [-0.25, -0.2) is 0 Å². The summed E-state index contributed by atoms with van der Waals surface area (Å²) in [6.45, 7) is -0.783. The summed E-state index contributed by atoms with van der Waals surface area (Å²) in [5.41, 5.74) is 4.93. The predicted octanol–water partition coefficient (Wildman–Crippen LogP) is 2.20. The Morgan fingerprint density at radius 3 is 1.95 bits per heavy atom. The molecule has 0 aromatic heterocycles. The molecule has 0 spiro atoms. The standard InChI is InChI=1S/C12H15F3N2O3/c1-18-7-3-8(19-2)5-9(4-7)20-6-10(11(16)17)12(13,14)15/h3-5,10H,6H2,1-2H3,(H3,16,17). The molecule has 0 radical (unpaired) electrons. The van der Waals surface area contributed by atoms with Crippen LogP contribution in [-0.2, 0) is 0 Å². The Balaban J connectivity index is 2.85. The first-order valence-electron chi connectivity index (χ1n) is 5.54. The molecule has 0 saturated heterocycles. The van der Waals surface area contributed by atoms with Gasteiger partial charge in [-0.1, -0.05) is 0 Å². The molecule has 0 aliphatic heterocycles. The van der Waals surface area contributed by atoms with E-state index in [1.807, 2.05) is 0 Å². The van der Waals surface area contributed by atoms with Gasteiger partial charge in [-0.3, -0.25) is 5.41 Å². The topological polar surface area (TPSA) is 77.6 Å². The van der Waals surface area contributed by atoms with Gasteiger partial charge in [0, 0.05) is 18.2 Å². The van der Waals surface area contributed by atoms with Gasteiger partial charge in [0.05, 0.1) is 14.2 Å². The lowest BCUT2D eigenvalue weighted by Crippen LogP contribution is -2.39. The Labute approximate surface area is 113 Å². The first-order chi connectivity index (χ1) is 9.27. The minimum absolute atomic E-state index is 0.136.